The largest absolute Gasteiger partial charge is 0.493 e. The molecule has 0 aliphatic carbocycles. The molecule has 0 saturated heterocycles. The van der Waals surface area contributed by atoms with Crippen LogP contribution < -0.4 is 20.1 Å². The fourth-order valence-electron chi connectivity index (χ4n) is 2.04. The molecule has 0 aliphatic heterocycles. The summed E-state index contributed by atoms with van der Waals surface area (Å²) >= 11 is 0. The van der Waals surface area contributed by atoms with E-state index in [-0.39, 0.29) is 18.0 Å². The Bertz CT molecular complexity index is 677. The average Bonchev–Trinajstić information content (AvgIpc) is 2.56. The third-order valence-corrected chi connectivity index (χ3v) is 3.21. The number of hydrogen-bond donors (Lipinski definition) is 2. The van der Waals surface area contributed by atoms with E-state index in [1.807, 2.05) is 6.07 Å². The van der Waals surface area contributed by atoms with Crippen LogP contribution in [0.2, 0.25) is 0 Å². The van der Waals surface area contributed by atoms with E-state index in [0.29, 0.717) is 18.0 Å². The first-order valence-corrected chi connectivity index (χ1v) is 7.14. The second kappa shape index (κ2) is 8.03. The number of anilines is 2. The molecular formula is C17H19FN2O3. The molecular weight excluding hydrogens is 299 g/mol. The van der Waals surface area contributed by atoms with Gasteiger partial charge in [-0.05, 0) is 24.3 Å². The molecule has 0 aromatic heterocycles. The van der Waals surface area contributed by atoms with E-state index < -0.39 is 5.82 Å². The number of rotatable bonds is 7. The monoisotopic (exact) mass is 318 g/mol. The summed E-state index contributed by atoms with van der Waals surface area (Å²) in [6, 6.07) is 11.5. The van der Waals surface area contributed by atoms with Crippen molar-refractivity contribution >= 4 is 17.3 Å². The molecule has 0 unspecified atom stereocenters. The lowest BCUT2D eigenvalue weighted by Gasteiger charge is -2.11. The molecule has 0 bridgehead atoms. The van der Waals surface area contributed by atoms with Crippen LogP contribution in [-0.4, -0.2) is 26.7 Å². The maximum absolute atomic E-state index is 13.4. The molecule has 1 amide bonds. The van der Waals surface area contributed by atoms with Gasteiger partial charge < -0.3 is 20.1 Å². The highest BCUT2D eigenvalue weighted by Crippen LogP contribution is 2.29. The van der Waals surface area contributed by atoms with Crippen molar-refractivity contribution in [2.24, 2.45) is 0 Å². The van der Waals surface area contributed by atoms with Crippen LogP contribution in [0.1, 0.15) is 6.42 Å². The number of methoxy groups -OCH3 is 2. The van der Waals surface area contributed by atoms with Gasteiger partial charge in [-0.2, -0.15) is 0 Å². The lowest BCUT2D eigenvalue weighted by molar-refractivity contribution is -0.116. The Morgan fingerprint density at radius 3 is 2.52 bits per heavy atom. The fourth-order valence-corrected chi connectivity index (χ4v) is 2.04. The van der Waals surface area contributed by atoms with Crippen molar-refractivity contribution in [1.29, 1.82) is 0 Å². The fraction of sp³-hybridized carbons (Fsp3) is 0.235. The Morgan fingerprint density at radius 1 is 1.09 bits per heavy atom. The number of ether oxygens (including phenoxy) is 2. The van der Waals surface area contributed by atoms with Gasteiger partial charge >= 0.3 is 0 Å². The van der Waals surface area contributed by atoms with Crippen LogP contribution in [0.15, 0.2) is 42.5 Å². The zero-order valence-electron chi connectivity index (χ0n) is 13.1. The van der Waals surface area contributed by atoms with Crippen molar-refractivity contribution in [3.8, 4) is 11.5 Å². The van der Waals surface area contributed by atoms with E-state index in [2.05, 4.69) is 10.6 Å². The summed E-state index contributed by atoms with van der Waals surface area (Å²) < 4.78 is 23.8. The Hall–Kier alpha value is -2.76. The molecule has 5 nitrogen and oxygen atoms in total. The average molecular weight is 318 g/mol. The highest BCUT2D eigenvalue weighted by Gasteiger charge is 2.07. The second-order valence-corrected chi connectivity index (χ2v) is 4.77. The van der Waals surface area contributed by atoms with Gasteiger partial charge in [0.1, 0.15) is 5.82 Å². The molecule has 0 radical (unpaired) electrons. The lowest BCUT2D eigenvalue weighted by Crippen LogP contribution is -2.17. The van der Waals surface area contributed by atoms with Gasteiger partial charge in [0.2, 0.25) is 5.91 Å². The number of carbonyl (C=O) groups is 1. The van der Waals surface area contributed by atoms with Crippen molar-refractivity contribution in [1.82, 2.24) is 0 Å². The predicted molar refractivity (Wildman–Crippen MR) is 87.7 cm³/mol. The third-order valence-electron chi connectivity index (χ3n) is 3.21. The third kappa shape index (κ3) is 4.60. The number of amides is 1. The normalized spacial score (nSPS) is 10.0. The zero-order chi connectivity index (χ0) is 16.7. The number of hydrogen-bond acceptors (Lipinski definition) is 4. The topological polar surface area (TPSA) is 59.6 Å². The van der Waals surface area contributed by atoms with Gasteiger partial charge in [0.25, 0.3) is 0 Å². The predicted octanol–water partition coefficient (Wildman–Crippen LogP) is 3.28. The summed E-state index contributed by atoms with van der Waals surface area (Å²) in [5.41, 5.74) is 0.991. The van der Waals surface area contributed by atoms with E-state index in [0.717, 1.165) is 5.69 Å². The number of para-hydroxylation sites is 1. The molecule has 122 valence electrons. The van der Waals surface area contributed by atoms with E-state index in [1.54, 1.807) is 38.5 Å². The Morgan fingerprint density at radius 2 is 1.83 bits per heavy atom. The first-order valence-electron chi connectivity index (χ1n) is 7.14. The summed E-state index contributed by atoms with van der Waals surface area (Å²) in [6.07, 6.45) is 0.211. The van der Waals surface area contributed by atoms with E-state index in [9.17, 15) is 9.18 Å². The summed E-state index contributed by atoms with van der Waals surface area (Å²) in [5.74, 6) is 0.528. The summed E-state index contributed by atoms with van der Waals surface area (Å²) in [5, 5.41) is 5.65. The molecule has 2 rings (SSSR count). The van der Waals surface area contributed by atoms with Crippen LogP contribution in [0.25, 0.3) is 0 Å². The van der Waals surface area contributed by atoms with Crippen molar-refractivity contribution in [2.75, 3.05) is 31.4 Å². The highest BCUT2D eigenvalue weighted by atomic mass is 19.1. The van der Waals surface area contributed by atoms with Crippen LogP contribution in [0.4, 0.5) is 15.8 Å². The number of halogens is 1. The summed E-state index contributed by atoms with van der Waals surface area (Å²) in [7, 11) is 3.13. The van der Waals surface area contributed by atoms with Gasteiger partial charge in [0.15, 0.2) is 11.5 Å². The molecule has 0 aliphatic rings. The zero-order valence-corrected chi connectivity index (χ0v) is 13.1. The minimum atomic E-state index is -0.450. The molecule has 2 aromatic rings. The minimum Gasteiger partial charge on any atom is -0.493 e. The van der Waals surface area contributed by atoms with Crippen LogP contribution in [0.5, 0.6) is 11.5 Å². The Kier molecular flexibility index (Phi) is 5.80. The van der Waals surface area contributed by atoms with Gasteiger partial charge in [-0.15, -0.1) is 0 Å². The maximum atomic E-state index is 13.4. The quantitative estimate of drug-likeness (QED) is 0.822. The SMILES string of the molecule is COc1ccc(NCCC(=O)Nc2ccccc2F)cc1OC. The van der Waals surface area contributed by atoms with Gasteiger partial charge in [0.05, 0.1) is 19.9 Å². The van der Waals surface area contributed by atoms with Crippen LogP contribution in [-0.2, 0) is 4.79 Å². The molecule has 0 fully saturated rings. The molecule has 0 saturated carbocycles. The van der Waals surface area contributed by atoms with E-state index in [1.165, 1.54) is 12.1 Å². The van der Waals surface area contributed by atoms with Gasteiger partial charge in [-0.1, -0.05) is 12.1 Å². The summed E-state index contributed by atoms with van der Waals surface area (Å²) in [6.45, 7) is 0.412. The minimum absolute atomic E-state index is 0.184. The standard InChI is InChI=1S/C17H19FN2O3/c1-22-15-8-7-12(11-16(15)23-2)19-10-9-17(21)20-14-6-4-3-5-13(14)18/h3-8,11,19H,9-10H2,1-2H3,(H,20,21). The Balaban J connectivity index is 1.85. The van der Waals surface area contributed by atoms with Crippen molar-refractivity contribution in [3.63, 3.8) is 0 Å². The highest BCUT2D eigenvalue weighted by molar-refractivity contribution is 5.91. The first kappa shape index (κ1) is 16.6. The van der Waals surface area contributed by atoms with Gasteiger partial charge in [-0.3, -0.25) is 4.79 Å². The number of carbonyl (C=O) groups excluding carboxylic acids is 1. The number of nitrogens with one attached hydrogen (secondary N) is 2. The number of benzene rings is 2. The van der Waals surface area contributed by atoms with Crippen molar-refractivity contribution in [2.45, 2.75) is 6.42 Å². The lowest BCUT2D eigenvalue weighted by atomic mass is 10.2. The van der Waals surface area contributed by atoms with Gasteiger partial charge in [0, 0.05) is 24.7 Å². The molecule has 2 aromatic carbocycles. The molecule has 0 atom stereocenters. The summed E-state index contributed by atoms with van der Waals surface area (Å²) in [4.78, 5) is 11.8. The molecule has 6 heteroatoms. The molecule has 23 heavy (non-hydrogen) atoms. The Labute approximate surface area is 134 Å². The van der Waals surface area contributed by atoms with Crippen LogP contribution in [0, 0.1) is 5.82 Å². The molecule has 0 heterocycles. The van der Waals surface area contributed by atoms with E-state index in [4.69, 9.17) is 9.47 Å². The van der Waals surface area contributed by atoms with Gasteiger partial charge in [-0.25, -0.2) is 4.39 Å². The van der Waals surface area contributed by atoms with Crippen molar-refractivity contribution in [3.05, 3.63) is 48.3 Å². The van der Waals surface area contributed by atoms with E-state index >= 15 is 0 Å². The first-order chi connectivity index (χ1) is 11.1. The molecule has 0 spiro atoms. The van der Waals surface area contributed by atoms with Crippen LogP contribution in [0.3, 0.4) is 0 Å². The van der Waals surface area contributed by atoms with Crippen LogP contribution >= 0.6 is 0 Å². The smallest absolute Gasteiger partial charge is 0.226 e. The second-order valence-electron chi connectivity index (χ2n) is 4.77. The maximum Gasteiger partial charge on any atom is 0.226 e. The van der Waals surface area contributed by atoms with Crippen molar-refractivity contribution < 1.29 is 18.7 Å². The molecule has 2 N–H and O–H groups in total.